The van der Waals surface area contributed by atoms with Crippen LogP contribution in [-0.4, -0.2) is 15.8 Å². The third-order valence-electron chi connectivity index (χ3n) is 4.01. The number of nitrogens with zero attached hydrogens (tertiary/aromatic N) is 2. The number of aryl methyl sites for hydroxylation is 2. The van der Waals surface area contributed by atoms with Crippen LogP contribution in [0.5, 0.6) is 0 Å². The van der Waals surface area contributed by atoms with E-state index in [-0.39, 0.29) is 6.04 Å². The fourth-order valence-electron chi connectivity index (χ4n) is 2.70. The molecule has 0 saturated heterocycles. The molecule has 3 nitrogen and oxygen atoms in total. The molecule has 1 saturated carbocycles. The predicted molar refractivity (Wildman–Crippen MR) is 75.9 cm³/mol. The molecule has 4 heteroatoms. The largest absolute Gasteiger partial charge is 0.327 e. The Morgan fingerprint density at radius 3 is 2.67 bits per heavy atom. The molecule has 1 atom stereocenters. The van der Waals surface area contributed by atoms with Gasteiger partial charge in [0.1, 0.15) is 0 Å². The summed E-state index contributed by atoms with van der Waals surface area (Å²) in [7, 11) is 0. The van der Waals surface area contributed by atoms with Gasteiger partial charge in [-0.05, 0) is 25.7 Å². The molecule has 0 radical (unpaired) electrons. The predicted octanol–water partition coefficient (Wildman–Crippen LogP) is 3.18. The molecule has 0 bridgehead atoms. The number of rotatable bonds is 6. The first-order chi connectivity index (χ1) is 8.65. The Kier molecular flexibility index (Phi) is 4.68. The van der Waals surface area contributed by atoms with Crippen LogP contribution in [0.4, 0.5) is 0 Å². The highest BCUT2D eigenvalue weighted by atomic mass is 35.5. The summed E-state index contributed by atoms with van der Waals surface area (Å²) < 4.78 is 2.02. The van der Waals surface area contributed by atoms with Crippen LogP contribution in [0.2, 0.25) is 5.02 Å². The molecule has 1 unspecified atom stereocenters. The van der Waals surface area contributed by atoms with Crippen molar-refractivity contribution in [1.82, 2.24) is 9.78 Å². The first-order valence-electron chi connectivity index (χ1n) is 7.15. The zero-order valence-corrected chi connectivity index (χ0v) is 12.2. The molecule has 0 spiro atoms. The van der Waals surface area contributed by atoms with Crippen LogP contribution >= 0.6 is 11.6 Å². The van der Waals surface area contributed by atoms with Crippen LogP contribution in [0, 0.1) is 5.92 Å². The maximum absolute atomic E-state index is 6.40. The van der Waals surface area contributed by atoms with Crippen LogP contribution in [0.1, 0.15) is 50.9 Å². The number of hydrogen-bond acceptors (Lipinski definition) is 2. The van der Waals surface area contributed by atoms with E-state index in [1.54, 1.807) is 0 Å². The molecule has 102 valence electrons. The van der Waals surface area contributed by atoms with Crippen LogP contribution in [0.3, 0.4) is 0 Å². The van der Waals surface area contributed by atoms with Crippen molar-refractivity contribution in [1.29, 1.82) is 0 Å². The average Bonchev–Trinajstić information content (AvgIpc) is 2.61. The summed E-state index contributed by atoms with van der Waals surface area (Å²) in [6.45, 7) is 5.06. The van der Waals surface area contributed by atoms with Gasteiger partial charge < -0.3 is 5.73 Å². The third-order valence-corrected chi connectivity index (χ3v) is 4.45. The summed E-state index contributed by atoms with van der Waals surface area (Å²) in [6, 6.07) is 0.222. The van der Waals surface area contributed by atoms with Crippen molar-refractivity contribution in [3.63, 3.8) is 0 Å². The lowest BCUT2D eigenvalue weighted by Crippen LogP contribution is -2.29. The van der Waals surface area contributed by atoms with Gasteiger partial charge in [0.05, 0.1) is 16.4 Å². The van der Waals surface area contributed by atoms with Gasteiger partial charge in [0.2, 0.25) is 0 Å². The highest BCUT2D eigenvalue weighted by Crippen LogP contribution is 2.31. The second-order valence-electron chi connectivity index (χ2n) is 5.37. The standard InChI is InChI=1S/C14H24ClN3/c1-3-12-14(15)13(18(4-2)17-12)9-11(16)8-10-6-5-7-10/h10-11H,3-9,16H2,1-2H3. The minimum absolute atomic E-state index is 0.222. The molecular weight excluding hydrogens is 246 g/mol. The highest BCUT2D eigenvalue weighted by molar-refractivity contribution is 6.31. The van der Waals surface area contributed by atoms with E-state index in [4.69, 9.17) is 17.3 Å². The molecule has 2 rings (SSSR count). The van der Waals surface area contributed by atoms with Crippen molar-refractivity contribution in [2.24, 2.45) is 11.7 Å². The fourth-order valence-corrected chi connectivity index (χ4v) is 3.05. The van der Waals surface area contributed by atoms with E-state index >= 15 is 0 Å². The number of nitrogens with two attached hydrogens (primary N) is 1. The highest BCUT2D eigenvalue weighted by Gasteiger charge is 2.22. The second kappa shape index (κ2) is 6.07. The van der Waals surface area contributed by atoms with Gasteiger partial charge in [-0.1, -0.05) is 37.8 Å². The minimum Gasteiger partial charge on any atom is -0.327 e. The lowest BCUT2D eigenvalue weighted by molar-refractivity contribution is 0.274. The molecular formula is C14H24ClN3. The van der Waals surface area contributed by atoms with Crippen molar-refractivity contribution in [2.45, 2.75) is 65.0 Å². The summed E-state index contributed by atoms with van der Waals surface area (Å²) >= 11 is 6.40. The Hall–Kier alpha value is -0.540. The fraction of sp³-hybridized carbons (Fsp3) is 0.786. The van der Waals surface area contributed by atoms with E-state index in [9.17, 15) is 0 Å². The van der Waals surface area contributed by atoms with Gasteiger partial charge in [-0.15, -0.1) is 0 Å². The molecule has 1 fully saturated rings. The van der Waals surface area contributed by atoms with Crippen molar-refractivity contribution in [2.75, 3.05) is 0 Å². The lowest BCUT2D eigenvalue weighted by Gasteiger charge is -2.28. The van der Waals surface area contributed by atoms with Crippen molar-refractivity contribution in [3.8, 4) is 0 Å². The molecule has 18 heavy (non-hydrogen) atoms. The van der Waals surface area contributed by atoms with Gasteiger partial charge in [0.15, 0.2) is 0 Å². The van der Waals surface area contributed by atoms with Crippen molar-refractivity contribution in [3.05, 3.63) is 16.4 Å². The van der Waals surface area contributed by atoms with E-state index in [0.29, 0.717) is 0 Å². The molecule has 1 aliphatic rings. The summed E-state index contributed by atoms with van der Waals surface area (Å²) in [5.41, 5.74) is 8.39. The Morgan fingerprint density at radius 1 is 1.44 bits per heavy atom. The SMILES string of the molecule is CCc1nn(CC)c(CC(N)CC2CCC2)c1Cl. The Bertz CT molecular complexity index is 396. The smallest absolute Gasteiger partial charge is 0.0850 e. The van der Waals surface area contributed by atoms with Gasteiger partial charge in [0, 0.05) is 19.0 Å². The molecule has 0 amide bonds. The summed E-state index contributed by atoms with van der Waals surface area (Å²) in [5, 5.41) is 5.38. The summed E-state index contributed by atoms with van der Waals surface area (Å²) in [6.07, 6.45) is 6.97. The van der Waals surface area contributed by atoms with E-state index < -0.39 is 0 Å². The maximum atomic E-state index is 6.40. The summed E-state index contributed by atoms with van der Waals surface area (Å²) in [4.78, 5) is 0. The molecule has 1 heterocycles. The maximum Gasteiger partial charge on any atom is 0.0850 e. The average molecular weight is 270 g/mol. The minimum atomic E-state index is 0.222. The van der Waals surface area contributed by atoms with Crippen LogP contribution in [0.25, 0.3) is 0 Å². The second-order valence-corrected chi connectivity index (χ2v) is 5.75. The lowest BCUT2D eigenvalue weighted by atomic mass is 9.80. The first-order valence-corrected chi connectivity index (χ1v) is 7.53. The Labute approximate surface area is 115 Å². The Morgan fingerprint density at radius 2 is 2.17 bits per heavy atom. The zero-order chi connectivity index (χ0) is 13.1. The molecule has 2 N–H and O–H groups in total. The van der Waals surface area contributed by atoms with E-state index in [0.717, 1.165) is 48.1 Å². The van der Waals surface area contributed by atoms with Gasteiger partial charge in [0.25, 0.3) is 0 Å². The van der Waals surface area contributed by atoms with Crippen LogP contribution in [0.15, 0.2) is 0 Å². The van der Waals surface area contributed by atoms with Gasteiger partial charge >= 0.3 is 0 Å². The monoisotopic (exact) mass is 269 g/mol. The number of halogens is 1. The van der Waals surface area contributed by atoms with Crippen molar-refractivity contribution >= 4 is 11.6 Å². The molecule has 0 aliphatic heterocycles. The quantitative estimate of drug-likeness (QED) is 0.862. The van der Waals surface area contributed by atoms with Crippen LogP contribution < -0.4 is 5.73 Å². The topological polar surface area (TPSA) is 43.8 Å². The zero-order valence-electron chi connectivity index (χ0n) is 11.5. The first kappa shape index (κ1) is 13.9. The molecule has 1 aliphatic carbocycles. The molecule has 1 aromatic heterocycles. The van der Waals surface area contributed by atoms with Crippen molar-refractivity contribution < 1.29 is 0 Å². The summed E-state index contributed by atoms with van der Waals surface area (Å²) in [5.74, 6) is 0.849. The number of hydrogen-bond donors (Lipinski definition) is 1. The van der Waals surface area contributed by atoms with Gasteiger partial charge in [-0.3, -0.25) is 4.68 Å². The molecule has 0 aromatic carbocycles. The van der Waals surface area contributed by atoms with E-state index in [1.165, 1.54) is 19.3 Å². The van der Waals surface area contributed by atoms with E-state index in [2.05, 4.69) is 18.9 Å². The van der Waals surface area contributed by atoms with Gasteiger partial charge in [-0.2, -0.15) is 5.10 Å². The van der Waals surface area contributed by atoms with E-state index in [1.807, 2.05) is 4.68 Å². The third kappa shape index (κ3) is 2.89. The Balaban J connectivity index is 2.04. The normalized spacial score (nSPS) is 17.8. The number of aromatic nitrogens is 2. The van der Waals surface area contributed by atoms with Gasteiger partial charge in [-0.25, -0.2) is 0 Å². The molecule has 1 aromatic rings. The van der Waals surface area contributed by atoms with Crippen LogP contribution in [-0.2, 0) is 19.4 Å².